The second-order valence-corrected chi connectivity index (χ2v) is 7.17. The van der Waals surface area contributed by atoms with E-state index < -0.39 is 0 Å². The zero-order valence-electron chi connectivity index (χ0n) is 16.4. The van der Waals surface area contributed by atoms with Gasteiger partial charge >= 0.3 is 0 Å². The van der Waals surface area contributed by atoms with E-state index in [0.717, 1.165) is 17.0 Å². The number of nitrogens with one attached hydrogen (secondary N) is 2. The fraction of sp³-hybridized carbons (Fsp3) is 0.217. The maximum Gasteiger partial charge on any atom is 0.251 e. The smallest absolute Gasteiger partial charge is 0.251 e. The molecule has 1 aliphatic heterocycles. The van der Waals surface area contributed by atoms with Crippen molar-refractivity contribution in [2.75, 3.05) is 12.1 Å². The second kappa shape index (κ2) is 8.22. The highest BCUT2D eigenvalue weighted by atomic mass is 16.7. The number of pyridine rings is 1. The monoisotopic (exact) mass is 389 g/mol. The SMILES string of the molecule is CC(C)c1ccccc1Nc1cc(C(=O)NCc2ccc3c(c2)OCO3)ccn1. The number of hydrogen-bond acceptors (Lipinski definition) is 5. The van der Waals surface area contributed by atoms with E-state index in [-0.39, 0.29) is 12.7 Å². The van der Waals surface area contributed by atoms with Crippen LogP contribution < -0.4 is 20.1 Å². The fourth-order valence-corrected chi connectivity index (χ4v) is 3.23. The Bertz CT molecular complexity index is 1030. The molecule has 1 aliphatic rings. The van der Waals surface area contributed by atoms with Crippen LogP contribution in [0.4, 0.5) is 11.5 Å². The van der Waals surface area contributed by atoms with Crippen molar-refractivity contribution >= 4 is 17.4 Å². The Labute approximate surface area is 169 Å². The average molecular weight is 389 g/mol. The molecule has 2 heterocycles. The standard InChI is InChI=1S/C23H23N3O3/c1-15(2)18-5-3-4-6-19(18)26-22-12-17(9-10-24-22)23(27)25-13-16-7-8-20-21(11-16)29-14-28-20/h3-12,15H,13-14H2,1-2H3,(H,24,26)(H,25,27). The predicted molar refractivity (Wildman–Crippen MR) is 112 cm³/mol. The zero-order valence-corrected chi connectivity index (χ0v) is 16.4. The first-order chi connectivity index (χ1) is 14.1. The number of ether oxygens (including phenoxy) is 2. The van der Waals surface area contributed by atoms with Gasteiger partial charge < -0.3 is 20.1 Å². The van der Waals surface area contributed by atoms with Gasteiger partial charge in [0.25, 0.3) is 5.91 Å². The first-order valence-corrected chi connectivity index (χ1v) is 9.59. The number of rotatable bonds is 6. The number of fused-ring (bicyclic) bond motifs is 1. The summed E-state index contributed by atoms with van der Waals surface area (Å²) in [4.78, 5) is 17.0. The van der Waals surface area contributed by atoms with E-state index in [1.165, 1.54) is 5.56 Å². The topological polar surface area (TPSA) is 72.5 Å². The molecule has 148 valence electrons. The summed E-state index contributed by atoms with van der Waals surface area (Å²) in [5, 5.41) is 6.27. The van der Waals surface area contributed by atoms with E-state index in [4.69, 9.17) is 9.47 Å². The van der Waals surface area contributed by atoms with Crippen LogP contribution in [0.1, 0.15) is 41.3 Å². The van der Waals surface area contributed by atoms with Crippen LogP contribution in [0.3, 0.4) is 0 Å². The van der Waals surface area contributed by atoms with Crippen molar-refractivity contribution in [1.29, 1.82) is 0 Å². The molecular weight excluding hydrogens is 366 g/mol. The highest BCUT2D eigenvalue weighted by Gasteiger charge is 2.14. The molecule has 0 unspecified atom stereocenters. The molecule has 6 heteroatoms. The molecule has 0 saturated heterocycles. The molecule has 1 aromatic heterocycles. The van der Waals surface area contributed by atoms with Crippen molar-refractivity contribution in [3.05, 3.63) is 77.5 Å². The van der Waals surface area contributed by atoms with Gasteiger partial charge in [-0.3, -0.25) is 4.79 Å². The highest BCUT2D eigenvalue weighted by Crippen LogP contribution is 2.32. The lowest BCUT2D eigenvalue weighted by Gasteiger charge is -2.14. The lowest BCUT2D eigenvalue weighted by Crippen LogP contribution is -2.22. The number of nitrogens with zero attached hydrogens (tertiary/aromatic N) is 1. The van der Waals surface area contributed by atoms with E-state index in [1.807, 2.05) is 36.4 Å². The number of aromatic nitrogens is 1. The summed E-state index contributed by atoms with van der Waals surface area (Å²) in [6.07, 6.45) is 1.63. The Morgan fingerprint density at radius 2 is 1.90 bits per heavy atom. The third-order valence-corrected chi connectivity index (χ3v) is 4.76. The Balaban J connectivity index is 1.44. The summed E-state index contributed by atoms with van der Waals surface area (Å²) in [6, 6.07) is 17.2. The van der Waals surface area contributed by atoms with E-state index >= 15 is 0 Å². The van der Waals surface area contributed by atoms with Crippen LogP contribution >= 0.6 is 0 Å². The molecule has 0 fully saturated rings. The predicted octanol–water partition coefficient (Wildman–Crippen LogP) is 4.61. The van der Waals surface area contributed by atoms with Crippen LogP contribution in [-0.2, 0) is 6.54 Å². The number of hydrogen-bond donors (Lipinski definition) is 2. The Hall–Kier alpha value is -3.54. The van der Waals surface area contributed by atoms with Crippen molar-refractivity contribution in [1.82, 2.24) is 10.3 Å². The lowest BCUT2D eigenvalue weighted by molar-refractivity contribution is 0.0950. The molecule has 0 saturated carbocycles. The summed E-state index contributed by atoms with van der Waals surface area (Å²) < 4.78 is 10.7. The molecule has 4 rings (SSSR count). The van der Waals surface area contributed by atoms with Crippen molar-refractivity contribution in [2.45, 2.75) is 26.3 Å². The Morgan fingerprint density at radius 3 is 2.76 bits per heavy atom. The van der Waals surface area contributed by atoms with Crippen molar-refractivity contribution in [3.63, 3.8) is 0 Å². The molecule has 0 spiro atoms. The minimum atomic E-state index is -0.162. The molecule has 0 aliphatic carbocycles. The summed E-state index contributed by atoms with van der Waals surface area (Å²) in [5.74, 6) is 2.29. The van der Waals surface area contributed by atoms with Gasteiger partial charge in [-0.25, -0.2) is 4.98 Å². The third kappa shape index (κ3) is 4.32. The number of benzene rings is 2. The van der Waals surface area contributed by atoms with Gasteiger partial charge in [-0.2, -0.15) is 0 Å². The fourth-order valence-electron chi connectivity index (χ4n) is 3.23. The number of carbonyl (C=O) groups excluding carboxylic acids is 1. The van der Waals surface area contributed by atoms with E-state index in [9.17, 15) is 4.79 Å². The zero-order chi connectivity index (χ0) is 20.2. The first kappa shape index (κ1) is 18.8. The number of amides is 1. The van der Waals surface area contributed by atoms with Crippen LogP contribution in [-0.4, -0.2) is 17.7 Å². The molecule has 29 heavy (non-hydrogen) atoms. The average Bonchev–Trinajstić information content (AvgIpc) is 3.20. The lowest BCUT2D eigenvalue weighted by atomic mass is 10.0. The van der Waals surface area contributed by atoms with Gasteiger partial charge in [-0.1, -0.05) is 38.1 Å². The van der Waals surface area contributed by atoms with Gasteiger partial charge in [0.05, 0.1) is 0 Å². The summed E-state index contributed by atoms with van der Waals surface area (Å²) in [7, 11) is 0. The van der Waals surface area contributed by atoms with Crippen molar-refractivity contribution < 1.29 is 14.3 Å². The van der Waals surface area contributed by atoms with E-state index in [1.54, 1.807) is 18.3 Å². The van der Waals surface area contributed by atoms with E-state index in [0.29, 0.717) is 29.6 Å². The number of para-hydroxylation sites is 1. The quantitative estimate of drug-likeness (QED) is 0.644. The van der Waals surface area contributed by atoms with E-state index in [2.05, 4.69) is 35.5 Å². The van der Waals surface area contributed by atoms with Crippen LogP contribution in [0.5, 0.6) is 11.5 Å². The highest BCUT2D eigenvalue weighted by molar-refractivity contribution is 5.94. The molecule has 2 aromatic carbocycles. The van der Waals surface area contributed by atoms with Gasteiger partial charge in [0, 0.05) is 24.0 Å². The number of carbonyl (C=O) groups is 1. The van der Waals surface area contributed by atoms with Gasteiger partial charge in [0.2, 0.25) is 6.79 Å². The maximum atomic E-state index is 12.6. The normalized spacial score (nSPS) is 12.1. The molecule has 6 nitrogen and oxygen atoms in total. The van der Waals surface area contributed by atoms with Crippen molar-refractivity contribution in [3.8, 4) is 11.5 Å². The molecule has 0 atom stereocenters. The Kier molecular flexibility index (Phi) is 5.33. The molecule has 0 radical (unpaired) electrons. The van der Waals surface area contributed by atoms with Crippen molar-refractivity contribution in [2.24, 2.45) is 0 Å². The van der Waals surface area contributed by atoms with Gasteiger partial charge in [-0.05, 0) is 47.4 Å². The summed E-state index contributed by atoms with van der Waals surface area (Å²) >= 11 is 0. The summed E-state index contributed by atoms with van der Waals surface area (Å²) in [6.45, 7) is 4.93. The largest absolute Gasteiger partial charge is 0.454 e. The van der Waals surface area contributed by atoms with Gasteiger partial charge in [0.15, 0.2) is 11.5 Å². The molecule has 2 N–H and O–H groups in total. The minimum Gasteiger partial charge on any atom is -0.454 e. The third-order valence-electron chi connectivity index (χ3n) is 4.76. The maximum absolute atomic E-state index is 12.6. The number of anilines is 2. The van der Waals surface area contributed by atoms with Gasteiger partial charge in [0.1, 0.15) is 5.82 Å². The first-order valence-electron chi connectivity index (χ1n) is 9.59. The van der Waals surface area contributed by atoms with Crippen LogP contribution in [0.25, 0.3) is 0 Å². The van der Waals surface area contributed by atoms with Crippen LogP contribution in [0, 0.1) is 0 Å². The van der Waals surface area contributed by atoms with Crippen LogP contribution in [0.15, 0.2) is 60.8 Å². The summed E-state index contributed by atoms with van der Waals surface area (Å²) in [5.41, 5.74) is 3.69. The minimum absolute atomic E-state index is 0.162. The van der Waals surface area contributed by atoms with Gasteiger partial charge in [-0.15, -0.1) is 0 Å². The second-order valence-electron chi connectivity index (χ2n) is 7.17. The molecule has 1 amide bonds. The van der Waals surface area contributed by atoms with Crippen LogP contribution in [0.2, 0.25) is 0 Å². The molecule has 3 aromatic rings. The molecular formula is C23H23N3O3. The molecule has 0 bridgehead atoms. The Morgan fingerprint density at radius 1 is 1.07 bits per heavy atom.